The molecular formula is C15H12ClNS2. The van der Waals surface area contributed by atoms with Crippen molar-refractivity contribution < 1.29 is 0 Å². The maximum atomic E-state index is 6.24. The van der Waals surface area contributed by atoms with Gasteiger partial charge in [-0.15, -0.1) is 22.7 Å². The van der Waals surface area contributed by atoms with Crippen LogP contribution in [0.4, 0.5) is 5.69 Å². The lowest BCUT2D eigenvalue weighted by atomic mass is 10.2. The molecule has 1 N–H and O–H groups in total. The van der Waals surface area contributed by atoms with Crippen LogP contribution in [-0.2, 0) is 0 Å². The van der Waals surface area contributed by atoms with Gasteiger partial charge in [0.05, 0.1) is 16.8 Å². The van der Waals surface area contributed by atoms with Crippen LogP contribution < -0.4 is 5.32 Å². The van der Waals surface area contributed by atoms with Gasteiger partial charge in [0.2, 0.25) is 0 Å². The number of halogens is 1. The predicted molar refractivity (Wildman–Crippen MR) is 85.6 cm³/mol. The Balaban J connectivity index is 1.95. The molecule has 2 heterocycles. The molecule has 4 heteroatoms. The first kappa shape index (κ1) is 12.7. The summed E-state index contributed by atoms with van der Waals surface area (Å²) in [5.41, 5.74) is 0.968. The minimum absolute atomic E-state index is 0.167. The molecule has 0 fully saturated rings. The van der Waals surface area contributed by atoms with Gasteiger partial charge < -0.3 is 5.32 Å². The molecule has 0 aliphatic heterocycles. The first-order valence-electron chi connectivity index (χ1n) is 5.92. The number of hydrogen-bond donors (Lipinski definition) is 1. The lowest BCUT2D eigenvalue weighted by molar-refractivity contribution is 0.993. The minimum atomic E-state index is 0.167. The highest BCUT2D eigenvalue weighted by Crippen LogP contribution is 2.34. The van der Waals surface area contributed by atoms with E-state index in [4.69, 9.17) is 11.6 Å². The molecule has 0 unspecified atom stereocenters. The maximum Gasteiger partial charge on any atom is 0.0953 e. The van der Waals surface area contributed by atoms with Crippen LogP contribution in [0.15, 0.2) is 59.3 Å². The van der Waals surface area contributed by atoms with Gasteiger partial charge in [-0.1, -0.05) is 35.9 Å². The van der Waals surface area contributed by atoms with Crippen molar-refractivity contribution in [3.8, 4) is 0 Å². The maximum absolute atomic E-state index is 6.24. The second-order valence-corrected chi connectivity index (χ2v) is 6.45. The molecule has 1 nitrogen and oxygen atoms in total. The molecule has 0 saturated carbocycles. The van der Waals surface area contributed by atoms with Crippen molar-refractivity contribution in [3.63, 3.8) is 0 Å². The number of rotatable bonds is 4. The van der Waals surface area contributed by atoms with Crippen molar-refractivity contribution in [3.05, 3.63) is 74.1 Å². The van der Waals surface area contributed by atoms with Gasteiger partial charge in [-0.25, -0.2) is 0 Å². The molecule has 3 rings (SSSR count). The first-order chi connectivity index (χ1) is 9.34. The molecule has 96 valence electrons. The molecule has 0 atom stereocenters. The number of anilines is 1. The first-order valence-corrected chi connectivity index (χ1v) is 8.06. The summed E-state index contributed by atoms with van der Waals surface area (Å²) in [4.78, 5) is 2.59. The van der Waals surface area contributed by atoms with Crippen molar-refractivity contribution in [1.82, 2.24) is 0 Å². The quantitative estimate of drug-likeness (QED) is 0.655. The highest BCUT2D eigenvalue weighted by molar-refractivity contribution is 7.11. The Morgan fingerprint density at radius 1 is 0.842 bits per heavy atom. The molecule has 1 aromatic carbocycles. The summed E-state index contributed by atoms with van der Waals surface area (Å²) in [5.74, 6) is 0. The van der Waals surface area contributed by atoms with E-state index in [9.17, 15) is 0 Å². The van der Waals surface area contributed by atoms with Crippen molar-refractivity contribution in [2.75, 3.05) is 5.32 Å². The third-order valence-electron chi connectivity index (χ3n) is 2.83. The average molecular weight is 306 g/mol. The molecule has 2 aromatic heterocycles. The van der Waals surface area contributed by atoms with Crippen LogP contribution in [0, 0.1) is 0 Å². The number of nitrogens with one attached hydrogen (secondary N) is 1. The van der Waals surface area contributed by atoms with Crippen molar-refractivity contribution in [2.45, 2.75) is 6.04 Å². The fourth-order valence-corrected chi connectivity index (χ4v) is 3.78. The Bertz CT molecular complexity index is 598. The summed E-state index contributed by atoms with van der Waals surface area (Å²) < 4.78 is 0. The fraction of sp³-hybridized carbons (Fsp3) is 0.0667. The zero-order valence-electron chi connectivity index (χ0n) is 10.0. The number of benzene rings is 1. The fourth-order valence-electron chi connectivity index (χ4n) is 1.93. The lowest BCUT2D eigenvalue weighted by Crippen LogP contribution is -2.09. The van der Waals surface area contributed by atoms with E-state index in [2.05, 4.69) is 40.3 Å². The van der Waals surface area contributed by atoms with Crippen LogP contribution in [0.1, 0.15) is 15.8 Å². The zero-order valence-corrected chi connectivity index (χ0v) is 12.4. The lowest BCUT2D eigenvalue weighted by Gasteiger charge is -2.18. The number of para-hydroxylation sites is 1. The predicted octanol–water partition coefficient (Wildman–Crippen LogP) is 5.66. The summed E-state index contributed by atoms with van der Waals surface area (Å²) in [7, 11) is 0. The van der Waals surface area contributed by atoms with Crippen molar-refractivity contribution >= 4 is 40.0 Å². The molecule has 0 bridgehead atoms. The molecule has 0 amide bonds. The van der Waals surface area contributed by atoms with Gasteiger partial charge in [0, 0.05) is 9.75 Å². The standard InChI is InChI=1S/C15H12ClNS2/c16-11-5-1-2-6-12(11)17-15(13-7-3-9-18-13)14-8-4-10-19-14/h1-10,15,17H. The summed E-state index contributed by atoms with van der Waals surface area (Å²) in [6.45, 7) is 0. The molecular weight excluding hydrogens is 294 g/mol. The molecule has 0 saturated heterocycles. The molecule has 0 spiro atoms. The van der Waals surface area contributed by atoms with Gasteiger partial charge in [0.25, 0.3) is 0 Å². The monoisotopic (exact) mass is 305 g/mol. The van der Waals surface area contributed by atoms with Crippen LogP contribution in [0.5, 0.6) is 0 Å². The van der Waals surface area contributed by atoms with E-state index in [0.29, 0.717) is 0 Å². The number of hydrogen-bond acceptors (Lipinski definition) is 3. The molecule has 0 aliphatic rings. The van der Waals surface area contributed by atoms with E-state index >= 15 is 0 Å². The van der Waals surface area contributed by atoms with E-state index < -0.39 is 0 Å². The van der Waals surface area contributed by atoms with Gasteiger partial charge in [-0.2, -0.15) is 0 Å². The summed E-state index contributed by atoms with van der Waals surface area (Å²) in [6, 6.07) is 16.5. The highest BCUT2D eigenvalue weighted by Gasteiger charge is 2.16. The number of thiophene rings is 2. The van der Waals surface area contributed by atoms with Crippen LogP contribution in [0.25, 0.3) is 0 Å². The zero-order chi connectivity index (χ0) is 13.1. The molecule has 19 heavy (non-hydrogen) atoms. The summed E-state index contributed by atoms with van der Waals surface area (Å²) in [6.07, 6.45) is 0. The summed E-state index contributed by atoms with van der Waals surface area (Å²) >= 11 is 9.75. The normalized spacial score (nSPS) is 10.8. The Morgan fingerprint density at radius 2 is 1.47 bits per heavy atom. The second kappa shape index (κ2) is 5.78. The van der Waals surface area contributed by atoms with Gasteiger partial charge >= 0.3 is 0 Å². The van der Waals surface area contributed by atoms with Crippen LogP contribution in [0.3, 0.4) is 0 Å². The highest BCUT2D eigenvalue weighted by atomic mass is 35.5. The van der Waals surface area contributed by atoms with E-state index in [0.717, 1.165) is 10.7 Å². The largest absolute Gasteiger partial charge is 0.372 e. The Morgan fingerprint density at radius 3 is 2.00 bits per heavy atom. The molecule has 0 radical (unpaired) electrons. The summed E-state index contributed by atoms with van der Waals surface area (Å²) in [5, 5.41) is 8.49. The third-order valence-corrected chi connectivity index (χ3v) is 5.03. The van der Waals surface area contributed by atoms with E-state index in [1.54, 1.807) is 22.7 Å². The van der Waals surface area contributed by atoms with E-state index in [1.165, 1.54) is 9.75 Å². The second-order valence-electron chi connectivity index (χ2n) is 4.09. The smallest absolute Gasteiger partial charge is 0.0953 e. The molecule has 0 aliphatic carbocycles. The molecule has 3 aromatic rings. The SMILES string of the molecule is Clc1ccccc1NC(c1cccs1)c1cccs1. The van der Waals surface area contributed by atoms with Gasteiger partial charge in [-0.05, 0) is 35.0 Å². The van der Waals surface area contributed by atoms with Gasteiger partial charge in [-0.3, -0.25) is 0 Å². The van der Waals surface area contributed by atoms with Crippen LogP contribution in [0.2, 0.25) is 5.02 Å². The third kappa shape index (κ3) is 2.84. The van der Waals surface area contributed by atoms with Gasteiger partial charge in [0.15, 0.2) is 0 Å². The minimum Gasteiger partial charge on any atom is -0.372 e. The average Bonchev–Trinajstić information content (AvgIpc) is 3.11. The van der Waals surface area contributed by atoms with Gasteiger partial charge in [0.1, 0.15) is 0 Å². The van der Waals surface area contributed by atoms with Crippen LogP contribution in [-0.4, -0.2) is 0 Å². The topological polar surface area (TPSA) is 12.0 Å². The Hall–Kier alpha value is -1.29. The Labute approximate surface area is 125 Å². The van der Waals surface area contributed by atoms with E-state index in [-0.39, 0.29) is 6.04 Å². The van der Waals surface area contributed by atoms with Crippen molar-refractivity contribution in [1.29, 1.82) is 0 Å². The van der Waals surface area contributed by atoms with Crippen molar-refractivity contribution in [2.24, 2.45) is 0 Å². The van der Waals surface area contributed by atoms with E-state index in [1.807, 2.05) is 24.3 Å². The Kier molecular flexibility index (Phi) is 3.87. The van der Waals surface area contributed by atoms with Crippen LogP contribution >= 0.6 is 34.3 Å².